The molecule has 0 aliphatic heterocycles. The van der Waals surface area contributed by atoms with E-state index in [4.69, 9.17) is 14.2 Å². The average Bonchev–Trinajstić information content (AvgIpc) is 3.39. The van der Waals surface area contributed by atoms with Crippen LogP contribution < -0.4 is 0 Å². The summed E-state index contributed by atoms with van der Waals surface area (Å²) in [7, 11) is 0. The largest absolute Gasteiger partial charge is 0.462 e. The van der Waals surface area contributed by atoms with Gasteiger partial charge in [-0.1, -0.05) is 249 Å². The molecule has 1 atom stereocenters. The van der Waals surface area contributed by atoms with Crippen molar-refractivity contribution in [3.05, 3.63) is 158 Å². The Balaban J connectivity index is 4.18. The van der Waals surface area contributed by atoms with Crippen molar-refractivity contribution in [1.82, 2.24) is 0 Å². The van der Waals surface area contributed by atoms with E-state index in [9.17, 15) is 14.4 Å². The molecule has 0 aliphatic carbocycles. The topological polar surface area (TPSA) is 78.9 Å². The van der Waals surface area contributed by atoms with Crippen molar-refractivity contribution < 1.29 is 28.6 Å². The molecule has 0 radical (unpaired) electrons. The Morgan fingerprint density at radius 2 is 0.562 bits per heavy atom. The van der Waals surface area contributed by atoms with E-state index in [0.29, 0.717) is 19.3 Å². The molecule has 73 heavy (non-hydrogen) atoms. The number of hydrogen-bond acceptors (Lipinski definition) is 6. The minimum Gasteiger partial charge on any atom is -0.462 e. The van der Waals surface area contributed by atoms with Crippen molar-refractivity contribution in [2.75, 3.05) is 13.2 Å². The summed E-state index contributed by atoms with van der Waals surface area (Å²) in [5.74, 6) is -1.03. The standard InChI is InChI=1S/C67H104O6/c1-4-7-10-13-16-18-20-22-23-24-25-26-27-28-29-30-31-32-33-34-35-36-37-38-39-40-41-42-43-45-46-48-51-54-57-60-66(69)72-63-64(62-71-65(68)59-56-53-50-15-12-9-6-3)73-67(70)61-58-55-52-49-47-44-21-19-17-14-11-8-5-2/h7-8,10-11,16-19,22-23,25-26,28-29,31-32,34-35,37-38,40-41,44,47,52,55,64H,4-6,9,12-15,20-21,24,27,30,33,36,39,42-43,45-46,48-51,53-54,56-63H2,1-3H3/b10-7-,11-8-,18-16-,19-17-,23-22-,26-25-,29-28-,32-31-,35-34-,38-37-,41-40-,47-44-,55-52-. The minimum atomic E-state index is -0.823. The molecule has 0 fully saturated rings. The molecule has 0 aromatic heterocycles. The molecule has 0 aromatic rings. The zero-order valence-corrected chi connectivity index (χ0v) is 46.6. The van der Waals surface area contributed by atoms with Crippen LogP contribution >= 0.6 is 0 Å². The first-order valence-electron chi connectivity index (χ1n) is 29.0. The maximum atomic E-state index is 12.7. The summed E-state index contributed by atoms with van der Waals surface area (Å²) >= 11 is 0. The first-order valence-corrected chi connectivity index (χ1v) is 29.0. The summed E-state index contributed by atoms with van der Waals surface area (Å²) in [6, 6.07) is 0. The summed E-state index contributed by atoms with van der Waals surface area (Å²) in [5.41, 5.74) is 0. The fraction of sp³-hybridized carbons (Fsp3) is 0.567. The SMILES string of the molecule is CC/C=C\C/C=C\C/C=C\C/C=C\C/C=C\C/C=C\C/C=C\C/C=C\C/C=C\CCCCCCCCCC(=O)OCC(COC(=O)CCCCCCCCC)OC(=O)CC/C=C\C/C=C\C/C=C\C/C=C\CC. The molecular formula is C67H104O6. The monoisotopic (exact) mass is 1000 g/mol. The highest BCUT2D eigenvalue weighted by Gasteiger charge is 2.19. The lowest BCUT2D eigenvalue weighted by Crippen LogP contribution is -2.30. The van der Waals surface area contributed by atoms with Crippen LogP contribution in [-0.2, 0) is 28.6 Å². The molecule has 0 rings (SSSR count). The van der Waals surface area contributed by atoms with E-state index in [1.54, 1.807) is 0 Å². The summed E-state index contributed by atoms with van der Waals surface area (Å²) < 4.78 is 16.6. The maximum absolute atomic E-state index is 12.7. The maximum Gasteiger partial charge on any atom is 0.306 e. The molecule has 0 saturated carbocycles. The molecule has 0 N–H and O–H groups in total. The van der Waals surface area contributed by atoms with Gasteiger partial charge in [-0.25, -0.2) is 0 Å². The molecule has 6 nitrogen and oxygen atoms in total. The van der Waals surface area contributed by atoms with E-state index in [1.165, 1.54) is 44.9 Å². The highest BCUT2D eigenvalue weighted by Crippen LogP contribution is 2.13. The van der Waals surface area contributed by atoms with Gasteiger partial charge < -0.3 is 14.2 Å². The third kappa shape index (κ3) is 57.8. The molecule has 0 aliphatic rings. The molecule has 0 saturated heterocycles. The minimum absolute atomic E-state index is 0.115. The van der Waals surface area contributed by atoms with Crippen LogP contribution in [0.4, 0.5) is 0 Å². The number of allylic oxidation sites excluding steroid dienone is 26. The number of carbonyl (C=O) groups is 3. The molecular weight excluding hydrogens is 901 g/mol. The summed E-state index contributed by atoms with van der Waals surface area (Å²) in [4.78, 5) is 37.8. The second-order valence-corrected chi connectivity index (χ2v) is 18.4. The first-order chi connectivity index (χ1) is 36.0. The van der Waals surface area contributed by atoms with Crippen molar-refractivity contribution in [3.8, 4) is 0 Å². The molecule has 0 bridgehead atoms. The third-order valence-corrected chi connectivity index (χ3v) is 11.5. The van der Waals surface area contributed by atoms with E-state index < -0.39 is 12.1 Å². The zero-order valence-electron chi connectivity index (χ0n) is 46.6. The molecule has 0 aromatic carbocycles. The zero-order chi connectivity index (χ0) is 52.9. The molecule has 0 spiro atoms. The second-order valence-electron chi connectivity index (χ2n) is 18.4. The Morgan fingerprint density at radius 3 is 0.890 bits per heavy atom. The van der Waals surface area contributed by atoms with Gasteiger partial charge in [-0.15, -0.1) is 0 Å². The highest BCUT2D eigenvalue weighted by molar-refractivity contribution is 5.71. The van der Waals surface area contributed by atoms with E-state index in [0.717, 1.165) is 135 Å². The Kier molecular flexibility index (Phi) is 55.5. The Morgan fingerprint density at radius 1 is 0.288 bits per heavy atom. The normalized spacial score (nSPS) is 13.3. The van der Waals surface area contributed by atoms with Gasteiger partial charge in [-0.3, -0.25) is 14.4 Å². The van der Waals surface area contributed by atoms with Crippen molar-refractivity contribution >= 4 is 17.9 Å². The number of hydrogen-bond donors (Lipinski definition) is 0. The smallest absolute Gasteiger partial charge is 0.306 e. The highest BCUT2D eigenvalue weighted by atomic mass is 16.6. The number of ether oxygens (including phenoxy) is 3. The fourth-order valence-corrected chi connectivity index (χ4v) is 7.27. The summed E-state index contributed by atoms with van der Waals surface area (Å²) in [6.45, 7) is 6.27. The van der Waals surface area contributed by atoms with Crippen molar-refractivity contribution in [3.63, 3.8) is 0 Å². The predicted octanol–water partition coefficient (Wildman–Crippen LogP) is 19.8. The van der Waals surface area contributed by atoms with Crippen molar-refractivity contribution in [2.45, 2.75) is 232 Å². The molecule has 6 heteroatoms. The van der Waals surface area contributed by atoms with Gasteiger partial charge in [0.2, 0.25) is 0 Å². The molecule has 408 valence electrons. The Hall–Kier alpha value is -4.97. The van der Waals surface area contributed by atoms with Crippen LogP contribution in [0.5, 0.6) is 0 Å². The number of unbranched alkanes of at least 4 members (excludes halogenated alkanes) is 13. The molecule has 0 amide bonds. The van der Waals surface area contributed by atoms with Crippen LogP contribution in [0.15, 0.2) is 158 Å². The first kappa shape index (κ1) is 68.0. The second kappa shape index (κ2) is 59.6. The average molecular weight is 1010 g/mol. The van der Waals surface area contributed by atoms with Crippen molar-refractivity contribution in [1.29, 1.82) is 0 Å². The number of esters is 3. The molecule has 0 heterocycles. The summed E-state index contributed by atoms with van der Waals surface area (Å²) in [5, 5.41) is 0. The van der Waals surface area contributed by atoms with Gasteiger partial charge in [0.1, 0.15) is 13.2 Å². The van der Waals surface area contributed by atoms with Crippen molar-refractivity contribution in [2.24, 2.45) is 0 Å². The van der Waals surface area contributed by atoms with Gasteiger partial charge in [-0.2, -0.15) is 0 Å². The van der Waals surface area contributed by atoms with Gasteiger partial charge in [0.25, 0.3) is 0 Å². The lowest BCUT2D eigenvalue weighted by Gasteiger charge is -2.18. The third-order valence-electron chi connectivity index (χ3n) is 11.5. The van der Waals surface area contributed by atoms with Crippen LogP contribution in [0.3, 0.4) is 0 Å². The van der Waals surface area contributed by atoms with E-state index in [1.807, 2.05) is 12.2 Å². The lowest BCUT2D eigenvalue weighted by molar-refractivity contribution is -0.166. The molecule has 1 unspecified atom stereocenters. The van der Waals surface area contributed by atoms with Crippen LogP contribution in [0, 0.1) is 0 Å². The van der Waals surface area contributed by atoms with Gasteiger partial charge in [0.05, 0.1) is 0 Å². The van der Waals surface area contributed by atoms with Crippen LogP contribution in [0.25, 0.3) is 0 Å². The fourth-order valence-electron chi connectivity index (χ4n) is 7.27. The lowest BCUT2D eigenvalue weighted by atomic mass is 10.1. The Bertz CT molecular complexity index is 1670. The number of rotatable bonds is 50. The van der Waals surface area contributed by atoms with Crippen LogP contribution in [0.1, 0.15) is 226 Å². The van der Waals surface area contributed by atoms with Crippen LogP contribution in [-0.4, -0.2) is 37.2 Å². The number of carbonyl (C=O) groups excluding carboxylic acids is 3. The van der Waals surface area contributed by atoms with E-state index in [-0.39, 0.29) is 31.6 Å². The van der Waals surface area contributed by atoms with E-state index >= 15 is 0 Å². The van der Waals surface area contributed by atoms with Gasteiger partial charge >= 0.3 is 17.9 Å². The van der Waals surface area contributed by atoms with Gasteiger partial charge in [0, 0.05) is 19.3 Å². The van der Waals surface area contributed by atoms with Gasteiger partial charge in [0.15, 0.2) is 6.10 Å². The van der Waals surface area contributed by atoms with Gasteiger partial charge in [-0.05, 0) is 116 Å². The van der Waals surface area contributed by atoms with E-state index in [2.05, 4.69) is 167 Å². The Labute approximate surface area is 448 Å². The summed E-state index contributed by atoms with van der Waals surface area (Å²) in [6.07, 6.45) is 87.1. The van der Waals surface area contributed by atoms with Crippen LogP contribution in [0.2, 0.25) is 0 Å². The predicted molar refractivity (Wildman–Crippen MR) is 315 cm³/mol. The quantitative estimate of drug-likeness (QED) is 0.0261.